The summed E-state index contributed by atoms with van der Waals surface area (Å²) >= 11 is 8.24. The maximum Gasteiger partial charge on any atom is 0.134 e. The van der Waals surface area contributed by atoms with Gasteiger partial charge in [0, 0.05) is 5.56 Å². The molecule has 0 aliphatic rings. The third-order valence-corrected chi connectivity index (χ3v) is 3.40. The first-order valence-corrected chi connectivity index (χ1v) is 6.73. The maximum atomic E-state index is 13.0. The van der Waals surface area contributed by atoms with Crippen molar-refractivity contribution >= 4 is 33.1 Å². The molecule has 0 heterocycles. The minimum absolute atomic E-state index is 0.317. The van der Waals surface area contributed by atoms with Gasteiger partial charge in [-0.2, -0.15) is 0 Å². The predicted octanol–water partition coefficient (Wildman–Crippen LogP) is 3.80. The quantitative estimate of drug-likeness (QED) is 0.860. The highest BCUT2D eigenvalue weighted by Gasteiger charge is 2.07. The summed E-state index contributed by atoms with van der Waals surface area (Å²) in [5.41, 5.74) is 7.33. The molecule has 0 aliphatic carbocycles. The van der Waals surface area contributed by atoms with Gasteiger partial charge in [0.15, 0.2) is 0 Å². The van der Waals surface area contributed by atoms with E-state index in [1.807, 2.05) is 24.3 Å². The highest BCUT2D eigenvalue weighted by atomic mass is 79.9. The summed E-state index contributed by atoms with van der Waals surface area (Å²) in [4.78, 5) is 0.331. The summed E-state index contributed by atoms with van der Waals surface area (Å²) in [7, 11) is 0. The molecule has 0 radical (unpaired) electrons. The Balaban J connectivity index is 2.17. The fraction of sp³-hybridized carbons (Fsp3) is 0.0714. The van der Waals surface area contributed by atoms with Crippen LogP contribution >= 0.6 is 28.1 Å². The fourth-order valence-electron chi connectivity index (χ4n) is 1.63. The second-order valence-electron chi connectivity index (χ2n) is 3.88. The summed E-state index contributed by atoms with van der Waals surface area (Å²) in [5.74, 6) is 0.252. The fourth-order valence-corrected chi connectivity index (χ4v) is 2.30. The van der Waals surface area contributed by atoms with Gasteiger partial charge in [-0.25, -0.2) is 4.39 Å². The maximum absolute atomic E-state index is 13.0. The van der Waals surface area contributed by atoms with Crippen molar-refractivity contribution in [1.29, 1.82) is 0 Å². The first kappa shape index (κ1) is 14.0. The summed E-state index contributed by atoms with van der Waals surface area (Å²) in [5, 5.41) is 0. The van der Waals surface area contributed by atoms with E-state index < -0.39 is 0 Å². The van der Waals surface area contributed by atoms with Gasteiger partial charge in [-0.15, -0.1) is 0 Å². The molecule has 2 rings (SSSR count). The van der Waals surface area contributed by atoms with Crippen LogP contribution in [-0.2, 0) is 6.61 Å². The molecule has 98 valence electrons. The van der Waals surface area contributed by atoms with E-state index in [-0.39, 0.29) is 5.82 Å². The zero-order valence-corrected chi connectivity index (χ0v) is 12.3. The second kappa shape index (κ2) is 6.12. The minimum atomic E-state index is -0.317. The largest absolute Gasteiger partial charge is 0.488 e. The predicted molar refractivity (Wildman–Crippen MR) is 80.8 cm³/mol. The van der Waals surface area contributed by atoms with Crippen LogP contribution in [0.3, 0.4) is 0 Å². The summed E-state index contributed by atoms with van der Waals surface area (Å²) in [6, 6.07) is 11.8. The Morgan fingerprint density at radius 3 is 2.68 bits per heavy atom. The first-order valence-electron chi connectivity index (χ1n) is 5.53. The lowest BCUT2D eigenvalue weighted by Crippen LogP contribution is -2.13. The number of hydrogen-bond donors (Lipinski definition) is 1. The molecule has 0 unspecified atom stereocenters. The Morgan fingerprint density at radius 1 is 1.26 bits per heavy atom. The smallest absolute Gasteiger partial charge is 0.134 e. The molecule has 19 heavy (non-hydrogen) atoms. The molecule has 2 aromatic carbocycles. The lowest BCUT2D eigenvalue weighted by Gasteiger charge is -2.11. The van der Waals surface area contributed by atoms with Crippen molar-refractivity contribution in [1.82, 2.24) is 0 Å². The topological polar surface area (TPSA) is 35.2 Å². The summed E-state index contributed by atoms with van der Waals surface area (Å²) in [6.07, 6.45) is 0. The van der Waals surface area contributed by atoms with Gasteiger partial charge in [-0.3, -0.25) is 0 Å². The number of thiocarbonyl (C=S) groups is 1. The van der Waals surface area contributed by atoms with Crippen molar-refractivity contribution in [3.63, 3.8) is 0 Å². The van der Waals surface area contributed by atoms with Gasteiger partial charge in [0.05, 0.1) is 4.47 Å². The van der Waals surface area contributed by atoms with E-state index in [9.17, 15) is 4.39 Å². The minimum Gasteiger partial charge on any atom is -0.488 e. The second-order valence-corrected chi connectivity index (χ2v) is 5.18. The molecular formula is C14H11BrFNOS. The van der Waals surface area contributed by atoms with E-state index in [0.29, 0.717) is 21.8 Å². The summed E-state index contributed by atoms with van der Waals surface area (Å²) < 4.78 is 19.2. The Bertz CT molecular complexity index is 618. The lowest BCUT2D eigenvalue weighted by molar-refractivity contribution is 0.303. The van der Waals surface area contributed by atoms with Crippen molar-refractivity contribution in [2.45, 2.75) is 6.61 Å². The van der Waals surface area contributed by atoms with Crippen LogP contribution in [0.5, 0.6) is 5.75 Å². The molecule has 0 atom stereocenters. The van der Waals surface area contributed by atoms with Crippen LogP contribution in [0.25, 0.3) is 0 Å². The van der Waals surface area contributed by atoms with Gasteiger partial charge in [0.1, 0.15) is 23.2 Å². The Labute approximate surface area is 124 Å². The van der Waals surface area contributed by atoms with Crippen LogP contribution in [0.2, 0.25) is 0 Å². The molecule has 5 heteroatoms. The number of ether oxygens (including phenoxy) is 1. The number of benzene rings is 2. The third-order valence-electron chi connectivity index (χ3n) is 2.56. The van der Waals surface area contributed by atoms with Gasteiger partial charge >= 0.3 is 0 Å². The summed E-state index contributed by atoms with van der Waals surface area (Å²) in [6.45, 7) is 0.317. The van der Waals surface area contributed by atoms with E-state index >= 15 is 0 Å². The van der Waals surface area contributed by atoms with Gasteiger partial charge in [0.25, 0.3) is 0 Å². The number of hydrogen-bond acceptors (Lipinski definition) is 2. The highest BCUT2D eigenvalue weighted by molar-refractivity contribution is 9.10. The van der Waals surface area contributed by atoms with Crippen LogP contribution in [-0.4, -0.2) is 4.99 Å². The molecule has 0 aromatic heterocycles. The standard InChI is InChI=1S/C14H11BrFNOS/c15-12-7-10(16)5-6-13(12)18-8-9-3-1-2-4-11(9)14(17)19/h1-7H,8H2,(H2,17,19). The van der Waals surface area contributed by atoms with E-state index in [4.69, 9.17) is 22.7 Å². The molecular weight excluding hydrogens is 329 g/mol. The number of rotatable bonds is 4. The van der Waals surface area contributed by atoms with Gasteiger partial charge < -0.3 is 10.5 Å². The van der Waals surface area contributed by atoms with Gasteiger partial charge in [-0.1, -0.05) is 36.5 Å². The Morgan fingerprint density at radius 2 is 2.00 bits per heavy atom. The third kappa shape index (κ3) is 3.52. The van der Waals surface area contributed by atoms with Crippen molar-refractivity contribution in [2.75, 3.05) is 0 Å². The van der Waals surface area contributed by atoms with E-state index in [1.54, 1.807) is 6.07 Å². The van der Waals surface area contributed by atoms with Crippen molar-refractivity contribution in [3.05, 3.63) is 63.9 Å². The van der Waals surface area contributed by atoms with Crippen molar-refractivity contribution in [2.24, 2.45) is 5.73 Å². The average molecular weight is 340 g/mol. The SMILES string of the molecule is NC(=S)c1ccccc1COc1ccc(F)cc1Br. The van der Waals surface area contributed by atoms with Crippen LogP contribution in [0.15, 0.2) is 46.9 Å². The normalized spacial score (nSPS) is 10.2. The lowest BCUT2D eigenvalue weighted by atomic mass is 10.1. The number of halogens is 2. The average Bonchev–Trinajstić information content (AvgIpc) is 2.38. The molecule has 0 bridgehead atoms. The van der Waals surface area contributed by atoms with E-state index in [0.717, 1.165) is 11.1 Å². The highest BCUT2D eigenvalue weighted by Crippen LogP contribution is 2.26. The molecule has 0 fully saturated rings. The van der Waals surface area contributed by atoms with Crippen LogP contribution < -0.4 is 10.5 Å². The molecule has 0 saturated carbocycles. The Kier molecular flexibility index (Phi) is 4.50. The molecule has 2 aromatic rings. The van der Waals surface area contributed by atoms with E-state index in [1.165, 1.54) is 12.1 Å². The zero-order valence-electron chi connectivity index (χ0n) is 9.90. The van der Waals surface area contributed by atoms with Crippen LogP contribution in [0.1, 0.15) is 11.1 Å². The molecule has 2 N–H and O–H groups in total. The van der Waals surface area contributed by atoms with E-state index in [2.05, 4.69) is 15.9 Å². The van der Waals surface area contributed by atoms with Crippen molar-refractivity contribution < 1.29 is 9.13 Å². The van der Waals surface area contributed by atoms with Crippen molar-refractivity contribution in [3.8, 4) is 5.75 Å². The molecule has 0 aliphatic heterocycles. The molecule has 0 saturated heterocycles. The monoisotopic (exact) mass is 339 g/mol. The molecule has 2 nitrogen and oxygen atoms in total. The van der Waals surface area contributed by atoms with Gasteiger partial charge in [-0.05, 0) is 39.7 Å². The molecule has 0 amide bonds. The Hall–Kier alpha value is -1.46. The zero-order chi connectivity index (χ0) is 13.8. The first-order chi connectivity index (χ1) is 9.08. The molecule has 0 spiro atoms. The van der Waals surface area contributed by atoms with Gasteiger partial charge in [0.2, 0.25) is 0 Å². The van der Waals surface area contributed by atoms with Crippen LogP contribution in [0, 0.1) is 5.82 Å². The number of nitrogens with two attached hydrogens (primary N) is 1. The van der Waals surface area contributed by atoms with Crippen LogP contribution in [0.4, 0.5) is 4.39 Å².